The Kier molecular flexibility index (Phi) is 6.23. The zero-order chi connectivity index (χ0) is 24.6. The maximum atomic E-state index is 13.2. The lowest BCUT2D eigenvalue weighted by Crippen LogP contribution is -2.57. The van der Waals surface area contributed by atoms with Crippen molar-refractivity contribution in [2.24, 2.45) is 34.5 Å². The van der Waals surface area contributed by atoms with E-state index in [-0.39, 0.29) is 40.3 Å². The first-order valence-electron chi connectivity index (χ1n) is 12.9. The van der Waals surface area contributed by atoms with Crippen molar-refractivity contribution in [3.05, 3.63) is 11.6 Å². The summed E-state index contributed by atoms with van der Waals surface area (Å²) < 4.78 is 0. The fraction of sp³-hybridized carbons (Fsp3) is 0.889. The van der Waals surface area contributed by atoms with E-state index < -0.39 is 29.5 Å². The highest BCUT2D eigenvalue weighted by molar-refractivity contribution is 5.94. The van der Waals surface area contributed by atoms with Gasteiger partial charge in [-0.3, -0.25) is 4.79 Å². The topological polar surface area (TPSA) is 118 Å². The largest absolute Gasteiger partial charge is 0.390 e. The second kappa shape index (κ2) is 8.12. The average molecular weight is 465 g/mol. The zero-order valence-corrected chi connectivity index (χ0v) is 20.9. The first-order chi connectivity index (χ1) is 15.1. The summed E-state index contributed by atoms with van der Waals surface area (Å²) in [5, 5.41) is 53.3. The molecule has 4 unspecified atom stereocenters. The van der Waals surface area contributed by atoms with Crippen LogP contribution in [0.1, 0.15) is 86.0 Å². The number of carbonyl (C=O) groups excluding carboxylic acids is 1. The summed E-state index contributed by atoms with van der Waals surface area (Å²) in [6, 6.07) is 0. The van der Waals surface area contributed by atoms with Gasteiger partial charge in [-0.1, -0.05) is 19.4 Å². The third-order valence-corrected chi connectivity index (χ3v) is 10.3. The maximum Gasteiger partial charge on any atom is 0.159 e. The highest BCUT2D eigenvalue weighted by Crippen LogP contribution is 2.67. The molecule has 6 heteroatoms. The van der Waals surface area contributed by atoms with E-state index >= 15 is 0 Å². The molecule has 0 amide bonds. The average Bonchev–Trinajstić information content (AvgIpc) is 3.06. The molecule has 188 valence electrons. The Labute approximate surface area is 198 Å². The zero-order valence-electron chi connectivity index (χ0n) is 20.9. The fourth-order valence-corrected chi connectivity index (χ4v) is 8.37. The molecule has 4 aliphatic carbocycles. The molecule has 5 N–H and O–H groups in total. The number of hydrogen-bond acceptors (Lipinski definition) is 6. The smallest absolute Gasteiger partial charge is 0.159 e. The van der Waals surface area contributed by atoms with Gasteiger partial charge in [-0.15, -0.1) is 0 Å². The van der Waals surface area contributed by atoms with Gasteiger partial charge in [0.25, 0.3) is 0 Å². The SMILES string of the molecule is CC(C)(O)CC[C@@H](O)C(C)(O)C1CCC2C3=CC(=O)[C@@H]4C[C@@H](O)[C@@H](O)C[C@]4(C)C3CC[C@@]21C. The van der Waals surface area contributed by atoms with Crippen LogP contribution >= 0.6 is 0 Å². The third kappa shape index (κ3) is 4.04. The Hall–Kier alpha value is -0.790. The summed E-state index contributed by atoms with van der Waals surface area (Å²) in [5.41, 5.74) is -1.58. The number of aliphatic hydroxyl groups excluding tert-OH is 3. The lowest BCUT2D eigenvalue weighted by atomic mass is 9.47. The second-order valence-corrected chi connectivity index (χ2v) is 13.1. The molecule has 0 aromatic heterocycles. The van der Waals surface area contributed by atoms with Gasteiger partial charge in [0.15, 0.2) is 5.78 Å². The Morgan fingerprint density at radius 1 is 1.00 bits per heavy atom. The van der Waals surface area contributed by atoms with E-state index in [1.165, 1.54) is 5.57 Å². The normalized spacial score (nSPS) is 46.0. The van der Waals surface area contributed by atoms with Crippen molar-refractivity contribution < 1.29 is 30.3 Å². The number of hydrogen-bond donors (Lipinski definition) is 5. The van der Waals surface area contributed by atoms with Crippen LogP contribution in [0.3, 0.4) is 0 Å². The molecule has 0 bridgehead atoms. The fourth-order valence-electron chi connectivity index (χ4n) is 8.37. The summed E-state index contributed by atoms with van der Waals surface area (Å²) in [6.07, 6.45) is 4.21. The van der Waals surface area contributed by atoms with E-state index in [4.69, 9.17) is 0 Å². The molecule has 33 heavy (non-hydrogen) atoms. The van der Waals surface area contributed by atoms with Crippen LogP contribution in [0.25, 0.3) is 0 Å². The van der Waals surface area contributed by atoms with E-state index in [1.54, 1.807) is 20.8 Å². The highest BCUT2D eigenvalue weighted by Gasteiger charge is 2.63. The molecule has 0 spiro atoms. The molecule has 3 saturated carbocycles. The van der Waals surface area contributed by atoms with Crippen LogP contribution in [0.4, 0.5) is 0 Å². The van der Waals surface area contributed by atoms with Crippen molar-refractivity contribution in [2.75, 3.05) is 0 Å². The van der Waals surface area contributed by atoms with E-state index in [2.05, 4.69) is 13.8 Å². The summed E-state index contributed by atoms with van der Waals surface area (Å²) in [7, 11) is 0. The minimum absolute atomic E-state index is 0.0689. The van der Waals surface area contributed by atoms with Gasteiger partial charge in [0.05, 0.1) is 29.5 Å². The Balaban J connectivity index is 1.61. The van der Waals surface area contributed by atoms with Gasteiger partial charge in [0.1, 0.15) is 0 Å². The molecule has 3 fully saturated rings. The molecule has 0 radical (unpaired) electrons. The van der Waals surface area contributed by atoms with Gasteiger partial charge in [0.2, 0.25) is 0 Å². The predicted molar refractivity (Wildman–Crippen MR) is 125 cm³/mol. The number of rotatable bonds is 5. The molecule has 0 aromatic rings. The van der Waals surface area contributed by atoms with Gasteiger partial charge >= 0.3 is 0 Å². The molecular formula is C27H44O6. The summed E-state index contributed by atoms with van der Waals surface area (Å²) in [4.78, 5) is 13.2. The molecule has 0 saturated heterocycles. The Morgan fingerprint density at radius 2 is 1.64 bits per heavy atom. The number of ketones is 1. The van der Waals surface area contributed by atoms with Crippen LogP contribution in [-0.4, -0.2) is 60.8 Å². The van der Waals surface area contributed by atoms with Crippen molar-refractivity contribution in [3.8, 4) is 0 Å². The Morgan fingerprint density at radius 3 is 2.27 bits per heavy atom. The number of carbonyl (C=O) groups is 1. The molecule has 4 aliphatic rings. The molecule has 0 heterocycles. The summed E-state index contributed by atoms with van der Waals surface area (Å²) in [6.45, 7) is 9.49. The first kappa shape index (κ1) is 25.3. The quantitative estimate of drug-likeness (QED) is 0.427. The predicted octanol–water partition coefficient (Wildman–Crippen LogP) is 2.74. The Bertz CT molecular complexity index is 812. The summed E-state index contributed by atoms with van der Waals surface area (Å²) in [5.74, 6) is 0.0783. The molecule has 6 nitrogen and oxygen atoms in total. The second-order valence-electron chi connectivity index (χ2n) is 13.1. The van der Waals surface area contributed by atoms with Crippen molar-refractivity contribution in [2.45, 2.75) is 115 Å². The van der Waals surface area contributed by atoms with Gasteiger partial charge in [0, 0.05) is 5.92 Å². The minimum Gasteiger partial charge on any atom is -0.390 e. The lowest BCUT2D eigenvalue weighted by molar-refractivity contribution is -0.151. The van der Waals surface area contributed by atoms with Crippen molar-refractivity contribution in [1.82, 2.24) is 0 Å². The van der Waals surface area contributed by atoms with E-state index in [1.807, 2.05) is 6.08 Å². The lowest BCUT2D eigenvalue weighted by Gasteiger charge is -2.58. The van der Waals surface area contributed by atoms with Gasteiger partial charge in [-0.25, -0.2) is 0 Å². The first-order valence-corrected chi connectivity index (χ1v) is 12.9. The maximum absolute atomic E-state index is 13.2. The van der Waals surface area contributed by atoms with Crippen LogP contribution in [0.15, 0.2) is 11.6 Å². The van der Waals surface area contributed by atoms with Crippen LogP contribution in [0.5, 0.6) is 0 Å². The minimum atomic E-state index is -1.28. The van der Waals surface area contributed by atoms with Gasteiger partial charge in [-0.05, 0) is 107 Å². The standard InChI is InChI=1S/C27H44O6/c1-24(2,32)10-9-23(31)27(5,33)22-7-6-16-15-12-19(28)18-13-20(29)21(30)14-26(18,4)17(15)8-11-25(16,22)3/h12,16-18,20-23,29-33H,6-11,13-14H2,1-5H3/t16?,17?,18-,20+,21-,22?,23+,25-,26+,27?/m0/s1. The van der Waals surface area contributed by atoms with Gasteiger partial charge in [-0.2, -0.15) is 0 Å². The number of fused-ring (bicyclic) bond motifs is 5. The van der Waals surface area contributed by atoms with Crippen LogP contribution in [-0.2, 0) is 4.79 Å². The molecule has 10 atom stereocenters. The van der Waals surface area contributed by atoms with Gasteiger partial charge < -0.3 is 25.5 Å². The van der Waals surface area contributed by atoms with Crippen molar-refractivity contribution in [3.63, 3.8) is 0 Å². The van der Waals surface area contributed by atoms with Crippen LogP contribution < -0.4 is 0 Å². The monoisotopic (exact) mass is 464 g/mol. The number of aliphatic hydroxyl groups is 5. The molecule has 4 rings (SSSR count). The van der Waals surface area contributed by atoms with Crippen molar-refractivity contribution >= 4 is 5.78 Å². The van der Waals surface area contributed by atoms with Crippen molar-refractivity contribution in [1.29, 1.82) is 0 Å². The van der Waals surface area contributed by atoms with Crippen LogP contribution in [0, 0.1) is 34.5 Å². The summed E-state index contributed by atoms with van der Waals surface area (Å²) >= 11 is 0. The third-order valence-electron chi connectivity index (χ3n) is 10.3. The van der Waals surface area contributed by atoms with E-state index in [0.717, 1.165) is 25.7 Å². The number of allylic oxidation sites excluding steroid dienone is 2. The van der Waals surface area contributed by atoms with E-state index in [9.17, 15) is 30.3 Å². The molecule has 0 aromatic carbocycles. The van der Waals surface area contributed by atoms with E-state index in [0.29, 0.717) is 25.7 Å². The molecule has 0 aliphatic heterocycles. The molecular weight excluding hydrogens is 420 g/mol. The highest BCUT2D eigenvalue weighted by atomic mass is 16.3. The van der Waals surface area contributed by atoms with Crippen LogP contribution in [0.2, 0.25) is 0 Å².